The van der Waals surface area contributed by atoms with Crippen LogP contribution in [0.5, 0.6) is 5.75 Å². The van der Waals surface area contributed by atoms with Crippen LogP contribution in [-0.2, 0) is 4.79 Å². The number of carbonyl (C=O) groups excluding carboxylic acids is 2. The van der Waals surface area contributed by atoms with Gasteiger partial charge in [0.05, 0.1) is 12.0 Å². The third-order valence-electron chi connectivity index (χ3n) is 5.69. The van der Waals surface area contributed by atoms with Crippen LogP contribution in [0.4, 0.5) is 35.5 Å². The van der Waals surface area contributed by atoms with Gasteiger partial charge in [0, 0.05) is 13.1 Å². The summed E-state index contributed by atoms with van der Waals surface area (Å²) in [6.45, 7) is 1.79. The summed E-state index contributed by atoms with van der Waals surface area (Å²) in [5.41, 5.74) is -0.00915. The predicted octanol–water partition coefficient (Wildman–Crippen LogP) is 3.88. The molecule has 3 amide bonds. The molecule has 0 spiro atoms. The second-order valence-electron chi connectivity index (χ2n) is 7.80. The number of ether oxygens (including phenoxy) is 1. The van der Waals surface area contributed by atoms with Crippen LogP contribution in [0.1, 0.15) is 31.4 Å². The third-order valence-corrected chi connectivity index (χ3v) is 5.69. The lowest BCUT2D eigenvalue weighted by atomic mass is 9.69. The fourth-order valence-electron chi connectivity index (χ4n) is 3.87. The van der Waals surface area contributed by atoms with Crippen molar-refractivity contribution in [3.05, 3.63) is 29.6 Å². The van der Waals surface area contributed by atoms with Gasteiger partial charge in [-0.1, -0.05) is 6.07 Å². The molecule has 6 nitrogen and oxygen atoms in total. The topological polar surface area (TPSA) is 70.7 Å². The summed E-state index contributed by atoms with van der Waals surface area (Å²) < 4.78 is 93.8. The minimum atomic E-state index is -5.13. The molecular formula is C19H20F7N3O3. The molecule has 1 unspecified atom stereocenters. The van der Waals surface area contributed by atoms with Crippen LogP contribution >= 0.6 is 0 Å². The molecular weight excluding hydrogens is 451 g/mol. The van der Waals surface area contributed by atoms with E-state index in [0.29, 0.717) is 12.1 Å². The van der Waals surface area contributed by atoms with E-state index in [2.05, 4.69) is 15.4 Å². The normalized spacial score (nSPS) is 24.9. The number of amides is 3. The summed E-state index contributed by atoms with van der Waals surface area (Å²) in [5.74, 6) is -5.22. The molecule has 1 saturated heterocycles. The number of hydrogen-bond donors (Lipinski definition) is 2. The lowest BCUT2D eigenvalue weighted by Gasteiger charge is -2.42. The second kappa shape index (κ2) is 8.66. The first-order chi connectivity index (χ1) is 14.8. The highest BCUT2D eigenvalue weighted by atomic mass is 19.4. The monoisotopic (exact) mass is 471 g/mol. The molecule has 1 aliphatic carbocycles. The Bertz CT molecular complexity index is 869. The zero-order valence-corrected chi connectivity index (χ0v) is 16.7. The van der Waals surface area contributed by atoms with E-state index in [1.807, 2.05) is 0 Å². The van der Waals surface area contributed by atoms with E-state index in [-0.39, 0.29) is 31.5 Å². The van der Waals surface area contributed by atoms with Gasteiger partial charge in [-0.15, -0.1) is 13.2 Å². The number of piperazine rings is 1. The van der Waals surface area contributed by atoms with E-state index in [1.54, 1.807) is 0 Å². The van der Waals surface area contributed by atoms with Crippen molar-refractivity contribution >= 4 is 11.9 Å². The van der Waals surface area contributed by atoms with Gasteiger partial charge in [-0.25, -0.2) is 9.18 Å². The molecule has 178 valence electrons. The maximum atomic E-state index is 14.2. The Kier molecular flexibility index (Phi) is 6.47. The van der Waals surface area contributed by atoms with Gasteiger partial charge in [0.15, 0.2) is 11.6 Å². The molecule has 0 radical (unpaired) electrons. The second-order valence-corrected chi connectivity index (χ2v) is 7.80. The molecule has 0 aromatic heterocycles. The maximum absolute atomic E-state index is 14.2. The van der Waals surface area contributed by atoms with Gasteiger partial charge in [0.25, 0.3) is 0 Å². The number of benzene rings is 1. The van der Waals surface area contributed by atoms with Crippen LogP contribution in [0.2, 0.25) is 0 Å². The Labute approximate surface area is 178 Å². The van der Waals surface area contributed by atoms with Crippen molar-refractivity contribution in [1.29, 1.82) is 0 Å². The number of rotatable bonds is 4. The highest BCUT2D eigenvalue weighted by Gasteiger charge is 2.50. The molecule has 0 bridgehead atoms. The van der Waals surface area contributed by atoms with Crippen LogP contribution in [0.25, 0.3) is 0 Å². The standard InChI is InChI=1S/C19H20F7N3O3/c1-9-16(30)27-4-5-29(9)17(31)28-15(11-6-12(7-11)18(21,22)23)10-2-3-14(13(20)8-10)32-19(24,25)26/h2-3,8-9,11-12,15H,4-7H2,1H3,(H,27,30)(H,28,31)/t9-,11-,12-,15?/m1/s1. The van der Waals surface area contributed by atoms with E-state index < -0.39 is 60.0 Å². The van der Waals surface area contributed by atoms with Gasteiger partial charge in [-0.3, -0.25) is 4.79 Å². The van der Waals surface area contributed by atoms with Crippen LogP contribution in [0.3, 0.4) is 0 Å². The number of halogens is 7. The fraction of sp³-hybridized carbons (Fsp3) is 0.579. The van der Waals surface area contributed by atoms with Gasteiger partial charge in [-0.2, -0.15) is 13.2 Å². The Hall–Kier alpha value is -2.73. The van der Waals surface area contributed by atoms with Crippen LogP contribution in [0, 0.1) is 17.7 Å². The molecule has 2 fully saturated rings. The fourth-order valence-corrected chi connectivity index (χ4v) is 3.87. The lowest BCUT2D eigenvalue weighted by Crippen LogP contribution is -2.59. The minimum Gasteiger partial charge on any atom is -0.403 e. The number of hydrogen-bond acceptors (Lipinski definition) is 3. The average Bonchev–Trinajstić information content (AvgIpc) is 2.61. The van der Waals surface area contributed by atoms with Gasteiger partial charge >= 0.3 is 18.6 Å². The zero-order chi connectivity index (χ0) is 23.8. The highest BCUT2D eigenvalue weighted by molar-refractivity contribution is 5.88. The SMILES string of the molecule is C[C@@H]1C(=O)NCCN1C(=O)NC(c1ccc(OC(F)(F)F)c(F)c1)[C@H]1C[C@H](C(F)(F)F)C1. The first-order valence-corrected chi connectivity index (χ1v) is 9.73. The number of urea groups is 1. The molecule has 1 saturated carbocycles. The van der Waals surface area contributed by atoms with Crippen molar-refractivity contribution in [2.75, 3.05) is 13.1 Å². The number of nitrogens with zero attached hydrogens (tertiary/aromatic N) is 1. The Morgan fingerprint density at radius 3 is 2.44 bits per heavy atom. The number of alkyl halides is 6. The summed E-state index contributed by atoms with van der Waals surface area (Å²) in [6.07, 6.45) is -10.2. The molecule has 3 rings (SSSR count). The predicted molar refractivity (Wildman–Crippen MR) is 95.8 cm³/mol. The van der Waals surface area contributed by atoms with Crippen molar-refractivity contribution in [3.8, 4) is 5.75 Å². The van der Waals surface area contributed by atoms with Crippen LogP contribution in [0.15, 0.2) is 18.2 Å². The van der Waals surface area contributed by atoms with Crippen LogP contribution < -0.4 is 15.4 Å². The molecule has 13 heteroatoms. The van der Waals surface area contributed by atoms with E-state index in [9.17, 15) is 40.3 Å². The van der Waals surface area contributed by atoms with Crippen molar-refractivity contribution in [3.63, 3.8) is 0 Å². The smallest absolute Gasteiger partial charge is 0.403 e. The Morgan fingerprint density at radius 2 is 1.88 bits per heavy atom. The Morgan fingerprint density at radius 1 is 1.22 bits per heavy atom. The summed E-state index contributed by atoms with van der Waals surface area (Å²) in [4.78, 5) is 25.7. The summed E-state index contributed by atoms with van der Waals surface area (Å²) in [6, 6.07) is -0.236. The van der Waals surface area contributed by atoms with Gasteiger partial charge in [0.1, 0.15) is 6.04 Å². The molecule has 2 atom stereocenters. The average molecular weight is 471 g/mol. The van der Waals surface area contributed by atoms with E-state index in [4.69, 9.17) is 0 Å². The third kappa shape index (κ3) is 5.36. The molecule has 1 aliphatic heterocycles. The largest absolute Gasteiger partial charge is 0.573 e. The zero-order valence-electron chi connectivity index (χ0n) is 16.7. The maximum Gasteiger partial charge on any atom is 0.573 e. The van der Waals surface area contributed by atoms with Gasteiger partial charge in [-0.05, 0) is 43.4 Å². The molecule has 1 aromatic rings. The first-order valence-electron chi connectivity index (χ1n) is 9.73. The van der Waals surface area contributed by atoms with E-state index >= 15 is 0 Å². The molecule has 32 heavy (non-hydrogen) atoms. The summed E-state index contributed by atoms with van der Waals surface area (Å²) in [7, 11) is 0. The first kappa shape index (κ1) is 23.9. The Balaban J connectivity index is 1.82. The van der Waals surface area contributed by atoms with Crippen molar-refractivity contribution in [2.24, 2.45) is 11.8 Å². The number of nitrogens with one attached hydrogen (secondary N) is 2. The van der Waals surface area contributed by atoms with E-state index in [0.717, 1.165) is 6.07 Å². The van der Waals surface area contributed by atoms with Crippen molar-refractivity contribution in [1.82, 2.24) is 15.5 Å². The van der Waals surface area contributed by atoms with Crippen molar-refractivity contribution in [2.45, 2.75) is 44.4 Å². The molecule has 1 heterocycles. The van der Waals surface area contributed by atoms with E-state index in [1.165, 1.54) is 11.8 Å². The lowest BCUT2D eigenvalue weighted by molar-refractivity contribution is -0.275. The number of carbonyl (C=O) groups is 2. The van der Waals surface area contributed by atoms with Gasteiger partial charge < -0.3 is 20.3 Å². The van der Waals surface area contributed by atoms with Crippen LogP contribution in [-0.4, -0.2) is 48.5 Å². The summed E-state index contributed by atoms with van der Waals surface area (Å²) in [5, 5.41) is 5.09. The summed E-state index contributed by atoms with van der Waals surface area (Å²) >= 11 is 0. The van der Waals surface area contributed by atoms with Gasteiger partial charge in [0.2, 0.25) is 5.91 Å². The molecule has 2 N–H and O–H groups in total. The highest BCUT2D eigenvalue weighted by Crippen LogP contribution is 2.49. The minimum absolute atomic E-state index is 0.00915. The van der Waals surface area contributed by atoms with Crippen molar-refractivity contribution < 1.29 is 45.1 Å². The molecule has 2 aliphatic rings. The quantitative estimate of drug-likeness (QED) is 0.655. The molecule has 1 aromatic carbocycles.